The molecule has 2 aromatic carbocycles. The highest BCUT2D eigenvalue weighted by Gasteiger charge is 2.41. The Kier molecular flexibility index (Phi) is 5.11. The van der Waals surface area contributed by atoms with Crippen LogP contribution >= 0.6 is 0 Å². The van der Waals surface area contributed by atoms with Gasteiger partial charge in [0.15, 0.2) is 0 Å². The van der Waals surface area contributed by atoms with E-state index in [-0.39, 0.29) is 5.41 Å². The second kappa shape index (κ2) is 6.94. The topological polar surface area (TPSA) is 0 Å². The van der Waals surface area contributed by atoms with E-state index in [1.54, 1.807) is 10.8 Å². The van der Waals surface area contributed by atoms with E-state index in [0.717, 1.165) is 6.42 Å². The van der Waals surface area contributed by atoms with Gasteiger partial charge in [-0.15, -0.1) is 0 Å². The Morgan fingerprint density at radius 1 is 0.667 bits per heavy atom. The average molecular weight is 375 g/mol. The second-order valence-corrected chi connectivity index (χ2v) is 13.5. The van der Waals surface area contributed by atoms with Gasteiger partial charge < -0.3 is 0 Å². The van der Waals surface area contributed by atoms with Crippen molar-refractivity contribution in [2.24, 2.45) is 5.41 Å². The molecule has 1 heteroatoms. The van der Waals surface area contributed by atoms with Gasteiger partial charge in [-0.1, -0.05) is 98.1 Å². The molecule has 142 valence electrons. The highest BCUT2D eigenvalue weighted by atomic mass is 28.3. The lowest BCUT2D eigenvalue weighted by atomic mass is 9.87. The number of allylic oxidation sites excluding steroid dienone is 4. The summed E-state index contributed by atoms with van der Waals surface area (Å²) in [6.07, 6.45) is 6.05. The molecule has 3 rings (SSSR count). The van der Waals surface area contributed by atoms with Gasteiger partial charge in [0.05, 0.1) is 0 Å². The minimum atomic E-state index is -2.07. The van der Waals surface area contributed by atoms with E-state index in [9.17, 15) is 0 Å². The van der Waals surface area contributed by atoms with Crippen LogP contribution in [0.5, 0.6) is 0 Å². The van der Waals surface area contributed by atoms with E-state index in [0.29, 0.717) is 0 Å². The Hall–Kier alpha value is -1.86. The Labute approximate surface area is 167 Å². The van der Waals surface area contributed by atoms with Crippen molar-refractivity contribution in [1.82, 2.24) is 0 Å². The monoisotopic (exact) mass is 374 g/mol. The molecular weight excluding hydrogens is 340 g/mol. The summed E-state index contributed by atoms with van der Waals surface area (Å²) in [7, 11) is -2.07. The van der Waals surface area contributed by atoms with Gasteiger partial charge in [0.1, 0.15) is 8.07 Å². The highest BCUT2D eigenvalue weighted by Crippen LogP contribution is 2.39. The largest absolute Gasteiger partial charge is 0.145 e. The molecule has 0 nitrogen and oxygen atoms in total. The summed E-state index contributed by atoms with van der Waals surface area (Å²) in [5, 5.41) is 4.69. The lowest BCUT2D eigenvalue weighted by Gasteiger charge is -2.37. The molecule has 2 aromatic rings. The zero-order valence-corrected chi connectivity index (χ0v) is 19.3. The fourth-order valence-corrected chi connectivity index (χ4v) is 9.27. The lowest BCUT2D eigenvalue weighted by molar-refractivity contribution is 0.515. The fourth-order valence-electron chi connectivity index (χ4n) is 4.70. The SMILES string of the molecule is Cc1cc(C)cc([Si](C)(C2=CCC=C2C(C)(C)C)c2cc(C)cc(C)c2)c1. The molecule has 0 unspecified atom stereocenters. The van der Waals surface area contributed by atoms with E-state index in [1.807, 2.05) is 0 Å². The number of aryl methyl sites for hydroxylation is 4. The molecule has 27 heavy (non-hydrogen) atoms. The summed E-state index contributed by atoms with van der Waals surface area (Å²) in [6.45, 7) is 18.6. The van der Waals surface area contributed by atoms with Crippen LogP contribution in [-0.4, -0.2) is 8.07 Å². The minimum Gasteiger partial charge on any atom is -0.0804 e. The van der Waals surface area contributed by atoms with E-state index < -0.39 is 8.07 Å². The Morgan fingerprint density at radius 3 is 1.44 bits per heavy atom. The molecule has 1 aliphatic rings. The first-order valence-corrected chi connectivity index (χ1v) is 12.6. The summed E-state index contributed by atoms with van der Waals surface area (Å²) in [4.78, 5) is 0. The van der Waals surface area contributed by atoms with Crippen LogP contribution < -0.4 is 10.4 Å². The summed E-state index contributed by atoms with van der Waals surface area (Å²) >= 11 is 0. The van der Waals surface area contributed by atoms with Crippen LogP contribution in [0.3, 0.4) is 0 Å². The molecular formula is C26H34Si. The fraction of sp³-hybridized carbons (Fsp3) is 0.385. The highest BCUT2D eigenvalue weighted by molar-refractivity contribution is 7.07. The van der Waals surface area contributed by atoms with Gasteiger partial charge in [-0.2, -0.15) is 0 Å². The Morgan fingerprint density at radius 2 is 1.07 bits per heavy atom. The number of rotatable bonds is 3. The molecule has 0 radical (unpaired) electrons. The standard InChI is InChI=1S/C26H34Si/c1-18-12-19(2)15-22(14-18)27(8,23-16-20(3)13-21(4)17-23)25-11-9-10-24(25)26(5,6)7/h10-17H,9H2,1-8H3. The van der Waals surface area contributed by atoms with Crippen LogP contribution in [0.2, 0.25) is 6.55 Å². The van der Waals surface area contributed by atoms with Gasteiger partial charge in [0, 0.05) is 0 Å². The predicted molar refractivity (Wildman–Crippen MR) is 123 cm³/mol. The first-order chi connectivity index (χ1) is 12.5. The molecule has 0 heterocycles. The predicted octanol–water partition coefficient (Wildman–Crippen LogP) is 5.95. The maximum Gasteiger partial charge on any atom is 0.145 e. The van der Waals surface area contributed by atoms with Crippen LogP contribution in [-0.2, 0) is 0 Å². The van der Waals surface area contributed by atoms with Crippen molar-refractivity contribution >= 4 is 18.4 Å². The first kappa shape index (κ1) is 19.9. The van der Waals surface area contributed by atoms with Crippen LogP contribution in [0.1, 0.15) is 49.4 Å². The molecule has 0 fully saturated rings. The third kappa shape index (κ3) is 3.75. The van der Waals surface area contributed by atoms with Crippen LogP contribution in [0.4, 0.5) is 0 Å². The maximum absolute atomic E-state index is 2.56. The van der Waals surface area contributed by atoms with Crippen molar-refractivity contribution < 1.29 is 0 Å². The van der Waals surface area contributed by atoms with Crippen molar-refractivity contribution in [3.63, 3.8) is 0 Å². The molecule has 0 saturated carbocycles. The Bertz CT molecular complexity index is 843. The van der Waals surface area contributed by atoms with Crippen molar-refractivity contribution in [3.05, 3.63) is 81.6 Å². The molecule has 0 aliphatic heterocycles. The van der Waals surface area contributed by atoms with Crippen LogP contribution in [0.25, 0.3) is 0 Å². The quantitative estimate of drug-likeness (QED) is 0.582. The number of hydrogen-bond acceptors (Lipinski definition) is 0. The molecule has 0 N–H and O–H groups in total. The first-order valence-electron chi connectivity index (χ1n) is 10.1. The molecule has 0 atom stereocenters. The summed E-state index contributed by atoms with van der Waals surface area (Å²) in [6, 6.07) is 14.4. The van der Waals surface area contributed by atoms with Gasteiger partial charge in [0.2, 0.25) is 0 Å². The average Bonchev–Trinajstić information content (AvgIpc) is 3.02. The number of hydrogen-bond donors (Lipinski definition) is 0. The minimum absolute atomic E-state index is 0.175. The normalized spacial score (nSPS) is 15.0. The third-order valence-electron chi connectivity index (χ3n) is 5.88. The van der Waals surface area contributed by atoms with Crippen LogP contribution in [0.15, 0.2) is 59.3 Å². The molecule has 0 amide bonds. The molecule has 1 aliphatic carbocycles. The number of benzene rings is 2. The van der Waals surface area contributed by atoms with E-state index in [4.69, 9.17) is 0 Å². The molecule has 0 bridgehead atoms. The second-order valence-electron chi connectivity index (χ2n) is 9.60. The van der Waals surface area contributed by atoms with E-state index >= 15 is 0 Å². The van der Waals surface area contributed by atoms with Gasteiger partial charge in [-0.25, -0.2) is 0 Å². The van der Waals surface area contributed by atoms with Crippen molar-refractivity contribution in [1.29, 1.82) is 0 Å². The van der Waals surface area contributed by atoms with Crippen LogP contribution in [0, 0.1) is 33.1 Å². The summed E-state index contributed by atoms with van der Waals surface area (Å²) < 4.78 is 0. The van der Waals surface area contributed by atoms with Crippen molar-refractivity contribution in [2.45, 2.75) is 61.4 Å². The lowest BCUT2D eigenvalue weighted by Crippen LogP contribution is -2.58. The maximum atomic E-state index is 2.56. The van der Waals surface area contributed by atoms with Gasteiger partial charge in [0.25, 0.3) is 0 Å². The smallest absolute Gasteiger partial charge is 0.0804 e. The molecule has 0 spiro atoms. The van der Waals surface area contributed by atoms with E-state index in [2.05, 4.69) is 104 Å². The van der Waals surface area contributed by atoms with Crippen molar-refractivity contribution in [3.8, 4) is 0 Å². The molecule has 0 saturated heterocycles. The van der Waals surface area contributed by atoms with Crippen molar-refractivity contribution in [2.75, 3.05) is 0 Å². The third-order valence-corrected chi connectivity index (χ3v) is 10.3. The van der Waals surface area contributed by atoms with Gasteiger partial charge in [-0.05, 0) is 60.7 Å². The summed E-state index contributed by atoms with van der Waals surface area (Å²) in [5.74, 6) is 0. The van der Waals surface area contributed by atoms with E-state index in [1.165, 1.54) is 32.6 Å². The van der Waals surface area contributed by atoms with Gasteiger partial charge >= 0.3 is 0 Å². The Balaban J connectivity index is 2.32. The summed E-state index contributed by atoms with van der Waals surface area (Å²) in [5.41, 5.74) is 7.20. The molecule has 0 aromatic heterocycles. The van der Waals surface area contributed by atoms with Gasteiger partial charge in [-0.3, -0.25) is 0 Å². The zero-order valence-electron chi connectivity index (χ0n) is 18.3. The zero-order chi connectivity index (χ0) is 20.0.